The van der Waals surface area contributed by atoms with Gasteiger partial charge in [0.15, 0.2) is 15.0 Å². The molecule has 0 atom stereocenters. The number of nitrogens with zero attached hydrogens (tertiary/aromatic N) is 1. The molecule has 0 spiro atoms. The number of anilines is 1. The largest absolute Gasteiger partial charge is 0.298 e. The molecule has 100 valence electrons. The average Bonchev–Trinajstić information content (AvgIpc) is 2.80. The van der Waals surface area contributed by atoms with Gasteiger partial charge in [0.05, 0.1) is 5.75 Å². The van der Waals surface area contributed by atoms with E-state index in [-0.39, 0.29) is 11.7 Å². The normalized spacial score (nSPS) is 11.2. The molecule has 0 aliphatic carbocycles. The molecule has 0 unspecified atom stereocenters. The van der Waals surface area contributed by atoms with Gasteiger partial charge in [-0.15, -0.1) is 11.3 Å². The predicted octanol–water partition coefficient (Wildman–Crippen LogP) is 1.94. The smallest absolute Gasteiger partial charge is 0.257 e. The summed E-state index contributed by atoms with van der Waals surface area (Å²) in [5.74, 6) is -0.379. The number of amides is 1. The molecule has 2 rings (SSSR count). The van der Waals surface area contributed by atoms with Gasteiger partial charge in [-0.05, 0) is 17.7 Å². The minimum atomic E-state index is -3.11. The maximum atomic E-state index is 11.9. The molecular formula is C12H12N2O3S2. The van der Waals surface area contributed by atoms with Crippen LogP contribution >= 0.6 is 11.3 Å². The molecule has 0 bridgehead atoms. The van der Waals surface area contributed by atoms with Crippen LogP contribution in [0.5, 0.6) is 0 Å². The van der Waals surface area contributed by atoms with Crippen LogP contribution in [0.25, 0.3) is 0 Å². The van der Waals surface area contributed by atoms with E-state index in [9.17, 15) is 13.2 Å². The lowest BCUT2D eigenvalue weighted by atomic mass is 10.1. The minimum absolute atomic E-state index is 0.0780. The van der Waals surface area contributed by atoms with E-state index in [0.717, 1.165) is 6.26 Å². The Bertz CT molecular complexity index is 679. The Labute approximate surface area is 115 Å². The molecule has 5 nitrogen and oxygen atoms in total. The van der Waals surface area contributed by atoms with E-state index in [1.54, 1.807) is 35.8 Å². The van der Waals surface area contributed by atoms with E-state index in [2.05, 4.69) is 10.3 Å². The van der Waals surface area contributed by atoms with Crippen molar-refractivity contribution in [3.05, 3.63) is 47.0 Å². The van der Waals surface area contributed by atoms with E-state index in [1.807, 2.05) is 0 Å². The quantitative estimate of drug-likeness (QED) is 0.935. The Balaban J connectivity index is 2.16. The van der Waals surface area contributed by atoms with E-state index >= 15 is 0 Å². The Kier molecular flexibility index (Phi) is 3.96. The van der Waals surface area contributed by atoms with Crippen LogP contribution in [0.15, 0.2) is 35.8 Å². The fourth-order valence-electron chi connectivity index (χ4n) is 1.56. The molecule has 1 amide bonds. The van der Waals surface area contributed by atoms with Gasteiger partial charge in [-0.1, -0.05) is 12.1 Å². The SMILES string of the molecule is CS(=O)(=O)Cc1cccc(C(=O)Nc2nccs2)c1. The Hall–Kier alpha value is -1.73. The summed E-state index contributed by atoms with van der Waals surface area (Å²) in [6, 6.07) is 6.55. The monoisotopic (exact) mass is 296 g/mol. The van der Waals surface area contributed by atoms with Crippen molar-refractivity contribution in [2.24, 2.45) is 0 Å². The lowest BCUT2D eigenvalue weighted by Gasteiger charge is -2.04. The van der Waals surface area contributed by atoms with Crippen LogP contribution < -0.4 is 5.32 Å². The van der Waals surface area contributed by atoms with Gasteiger partial charge >= 0.3 is 0 Å². The molecule has 1 aromatic carbocycles. The van der Waals surface area contributed by atoms with Gasteiger partial charge in [-0.3, -0.25) is 10.1 Å². The first-order valence-corrected chi connectivity index (χ1v) is 8.35. The van der Waals surface area contributed by atoms with Crippen molar-refractivity contribution in [3.63, 3.8) is 0 Å². The molecule has 0 fully saturated rings. The van der Waals surface area contributed by atoms with Crippen molar-refractivity contribution in [3.8, 4) is 0 Å². The predicted molar refractivity (Wildman–Crippen MR) is 75.1 cm³/mol. The summed E-state index contributed by atoms with van der Waals surface area (Å²) in [5, 5.41) is 4.92. The minimum Gasteiger partial charge on any atom is -0.298 e. The highest BCUT2D eigenvalue weighted by Gasteiger charge is 2.10. The lowest BCUT2D eigenvalue weighted by molar-refractivity contribution is 0.102. The summed E-state index contributed by atoms with van der Waals surface area (Å²) in [6.45, 7) is 0. The number of benzene rings is 1. The van der Waals surface area contributed by atoms with Crippen molar-refractivity contribution >= 4 is 32.2 Å². The number of carbonyl (C=O) groups excluding carboxylic acids is 1. The fraction of sp³-hybridized carbons (Fsp3) is 0.167. The lowest BCUT2D eigenvalue weighted by Crippen LogP contribution is -2.12. The van der Waals surface area contributed by atoms with Gasteiger partial charge in [0.1, 0.15) is 0 Å². The number of carbonyl (C=O) groups is 1. The van der Waals surface area contributed by atoms with Crippen LogP contribution in [0.2, 0.25) is 0 Å². The fourth-order valence-corrected chi connectivity index (χ4v) is 2.87. The number of nitrogens with one attached hydrogen (secondary N) is 1. The zero-order chi connectivity index (χ0) is 13.9. The van der Waals surface area contributed by atoms with Gasteiger partial charge in [0.2, 0.25) is 0 Å². The number of hydrogen-bond donors (Lipinski definition) is 1. The first-order chi connectivity index (χ1) is 8.94. The molecule has 7 heteroatoms. The third kappa shape index (κ3) is 4.15. The third-order valence-electron chi connectivity index (χ3n) is 2.27. The van der Waals surface area contributed by atoms with Crippen LogP contribution in [0.4, 0.5) is 5.13 Å². The van der Waals surface area contributed by atoms with E-state index in [0.29, 0.717) is 16.3 Å². The van der Waals surface area contributed by atoms with E-state index < -0.39 is 9.84 Å². The van der Waals surface area contributed by atoms with Crippen molar-refractivity contribution in [2.75, 3.05) is 11.6 Å². The summed E-state index contributed by atoms with van der Waals surface area (Å²) >= 11 is 1.32. The number of aromatic nitrogens is 1. The highest BCUT2D eigenvalue weighted by molar-refractivity contribution is 7.89. The average molecular weight is 296 g/mol. The van der Waals surface area contributed by atoms with Crippen molar-refractivity contribution in [1.82, 2.24) is 4.98 Å². The Morgan fingerprint density at radius 3 is 2.84 bits per heavy atom. The maximum absolute atomic E-state index is 11.9. The highest BCUT2D eigenvalue weighted by Crippen LogP contribution is 2.14. The van der Waals surface area contributed by atoms with Crippen LogP contribution in [0.3, 0.4) is 0 Å². The number of hydrogen-bond acceptors (Lipinski definition) is 5. The molecule has 0 saturated heterocycles. The van der Waals surface area contributed by atoms with Gasteiger partial charge in [0.25, 0.3) is 5.91 Å². The molecule has 0 saturated carbocycles. The summed E-state index contributed by atoms with van der Waals surface area (Å²) in [6.07, 6.45) is 2.76. The first-order valence-electron chi connectivity index (χ1n) is 5.41. The zero-order valence-electron chi connectivity index (χ0n) is 10.2. The van der Waals surface area contributed by atoms with E-state index in [1.165, 1.54) is 11.3 Å². The third-order valence-corrected chi connectivity index (χ3v) is 3.82. The molecule has 1 N–H and O–H groups in total. The second-order valence-corrected chi connectivity index (χ2v) is 7.10. The topological polar surface area (TPSA) is 76.1 Å². The molecule has 19 heavy (non-hydrogen) atoms. The molecular weight excluding hydrogens is 284 g/mol. The van der Waals surface area contributed by atoms with Crippen LogP contribution in [0.1, 0.15) is 15.9 Å². The molecule has 2 aromatic rings. The summed E-state index contributed by atoms with van der Waals surface area (Å²) in [7, 11) is -3.11. The second kappa shape index (κ2) is 5.50. The van der Waals surface area contributed by atoms with Gasteiger partial charge in [0, 0.05) is 23.4 Å². The maximum Gasteiger partial charge on any atom is 0.257 e. The van der Waals surface area contributed by atoms with Crippen molar-refractivity contribution in [2.45, 2.75) is 5.75 Å². The standard InChI is InChI=1S/C12H12N2O3S2/c1-19(16,17)8-9-3-2-4-10(7-9)11(15)14-12-13-5-6-18-12/h2-7H,8H2,1H3,(H,13,14,15). The number of thiazole rings is 1. The molecule has 0 aliphatic rings. The summed E-state index contributed by atoms with van der Waals surface area (Å²) in [5.41, 5.74) is 1.01. The van der Waals surface area contributed by atoms with Crippen molar-refractivity contribution < 1.29 is 13.2 Å². The van der Waals surface area contributed by atoms with Gasteiger partial charge < -0.3 is 0 Å². The highest BCUT2D eigenvalue weighted by atomic mass is 32.2. The van der Waals surface area contributed by atoms with Crippen molar-refractivity contribution in [1.29, 1.82) is 0 Å². The number of rotatable bonds is 4. The summed E-state index contributed by atoms with van der Waals surface area (Å²) in [4.78, 5) is 15.9. The molecule has 0 radical (unpaired) electrons. The zero-order valence-corrected chi connectivity index (χ0v) is 11.8. The number of sulfone groups is 1. The summed E-state index contributed by atoms with van der Waals surface area (Å²) < 4.78 is 22.5. The van der Waals surface area contributed by atoms with Gasteiger partial charge in [-0.25, -0.2) is 13.4 Å². The van der Waals surface area contributed by atoms with Gasteiger partial charge in [-0.2, -0.15) is 0 Å². The van der Waals surface area contributed by atoms with E-state index in [4.69, 9.17) is 0 Å². The van der Waals surface area contributed by atoms with Crippen LogP contribution in [-0.2, 0) is 15.6 Å². The first kappa shape index (κ1) is 13.7. The Morgan fingerprint density at radius 2 is 2.21 bits per heavy atom. The van der Waals surface area contributed by atoms with Crippen LogP contribution in [-0.4, -0.2) is 25.6 Å². The molecule has 0 aliphatic heterocycles. The molecule has 1 aromatic heterocycles. The Morgan fingerprint density at radius 1 is 1.42 bits per heavy atom. The van der Waals surface area contributed by atoms with Crippen LogP contribution in [0, 0.1) is 0 Å². The molecule has 1 heterocycles. The second-order valence-electron chi connectivity index (χ2n) is 4.06.